The van der Waals surface area contributed by atoms with Gasteiger partial charge in [0.05, 0.1) is 34.1 Å². The number of carbonyl (C=O) groups is 1. The van der Waals surface area contributed by atoms with Gasteiger partial charge in [0.25, 0.3) is 11.6 Å². The van der Waals surface area contributed by atoms with Gasteiger partial charge in [-0.15, -0.1) is 0 Å². The van der Waals surface area contributed by atoms with E-state index in [1.165, 1.54) is 12.3 Å². The molecular weight excluding hydrogens is 298 g/mol. The summed E-state index contributed by atoms with van der Waals surface area (Å²) >= 11 is 0. The second kappa shape index (κ2) is 6.06. The second-order valence-electron chi connectivity index (χ2n) is 4.65. The molecule has 1 amide bonds. The van der Waals surface area contributed by atoms with E-state index in [0.29, 0.717) is 11.1 Å². The Balaban J connectivity index is 1.75. The Morgan fingerprint density at radius 2 is 2.13 bits per heavy atom. The van der Waals surface area contributed by atoms with Crippen LogP contribution in [0.3, 0.4) is 0 Å². The van der Waals surface area contributed by atoms with Gasteiger partial charge >= 0.3 is 0 Å². The maximum atomic E-state index is 12.0. The van der Waals surface area contributed by atoms with E-state index in [4.69, 9.17) is 0 Å². The lowest BCUT2D eigenvalue weighted by atomic mass is 10.2. The van der Waals surface area contributed by atoms with Crippen molar-refractivity contribution < 1.29 is 9.72 Å². The Morgan fingerprint density at radius 1 is 1.30 bits per heavy atom. The number of nitrogens with one attached hydrogen (secondary N) is 2. The van der Waals surface area contributed by atoms with Gasteiger partial charge in [0, 0.05) is 11.6 Å². The zero-order valence-corrected chi connectivity index (χ0v) is 11.8. The summed E-state index contributed by atoms with van der Waals surface area (Å²) in [5.41, 5.74) is 4.47. The first-order valence-corrected chi connectivity index (χ1v) is 6.65. The van der Waals surface area contributed by atoms with Crippen molar-refractivity contribution >= 4 is 28.8 Å². The molecule has 0 radical (unpaired) electrons. The average molecular weight is 309 g/mol. The smallest absolute Gasteiger partial charge is 0.278 e. The Bertz CT molecular complexity index is 916. The molecule has 0 aliphatic heterocycles. The predicted molar refractivity (Wildman–Crippen MR) is 84.3 cm³/mol. The van der Waals surface area contributed by atoms with Crippen LogP contribution in [0.1, 0.15) is 15.9 Å². The third kappa shape index (κ3) is 3.05. The van der Waals surface area contributed by atoms with Crippen LogP contribution in [0.15, 0.2) is 53.9 Å². The number of amides is 1. The van der Waals surface area contributed by atoms with Crippen LogP contribution >= 0.6 is 0 Å². The van der Waals surface area contributed by atoms with E-state index in [9.17, 15) is 14.9 Å². The van der Waals surface area contributed by atoms with Gasteiger partial charge in [-0.3, -0.25) is 14.9 Å². The summed E-state index contributed by atoms with van der Waals surface area (Å²) in [6.45, 7) is 0. The van der Waals surface area contributed by atoms with Crippen LogP contribution in [-0.4, -0.2) is 27.0 Å². The van der Waals surface area contributed by atoms with E-state index in [1.807, 2.05) is 0 Å². The van der Waals surface area contributed by atoms with Gasteiger partial charge in [0.1, 0.15) is 0 Å². The van der Waals surface area contributed by atoms with E-state index >= 15 is 0 Å². The number of hydrogen-bond donors (Lipinski definition) is 2. The van der Waals surface area contributed by atoms with E-state index in [2.05, 4.69) is 20.5 Å². The van der Waals surface area contributed by atoms with Crippen molar-refractivity contribution in [3.8, 4) is 0 Å². The lowest BCUT2D eigenvalue weighted by molar-refractivity contribution is -0.385. The number of fused-ring (bicyclic) bond motifs is 1. The van der Waals surface area contributed by atoms with Gasteiger partial charge < -0.3 is 4.98 Å². The number of H-pyrrole nitrogens is 1. The van der Waals surface area contributed by atoms with Crippen molar-refractivity contribution in [3.63, 3.8) is 0 Å². The summed E-state index contributed by atoms with van der Waals surface area (Å²) in [7, 11) is 0. The number of rotatable bonds is 4. The molecule has 8 nitrogen and oxygen atoms in total. The first-order chi connectivity index (χ1) is 11.1. The normalized spacial score (nSPS) is 11.0. The molecule has 3 aromatic rings. The second-order valence-corrected chi connectivity index (χ2v) is 4.65. The monoisotopic (exact) mass is 309 g/mol. The number of nitrogens with zero attached hydrogens (tertiary/aromatic N) is 3. The van der Waals surface area contributed by atoms with E-state index < -0.39 is 10.8 Å². The highest BCUT2D eigenvalue weighted by atomic mass is 16.6. The predicted octanol–water partition coefficient (Wildman–Crippen LogP) is 2.24. The molecule has 0 unspecified atom stereocenters. The highest BCUT2D eigenvalue weighted by Gasteiger charge is 2.10. The highest BCUT2D eigenvalue weighted by molar-refractivity contribution is 5.98. The van der Waals surface area contributed by atoms with Gasteiger partial charge in [0.2, 0.25) is 0 Å². The lowest BCUT2D eigenvalue weighted by Crippen LogP contribution is -2.17. The molecule has 1 heterocycles. The van der Waals surface area contributed by atoms with Crippen LogP contribution in [0, 0.1) is 10.1 Å². The summed E-state index contributed by atoms with van der Waals surface area (Å²) in [5, 5.41) is 14.7. The fraction of sp³-hybridized carbons (Fsp3) is 0. The molecular formula is C15H11N5O3. The first kappa shape index (κ1) is 14.4. The fourth-order valence-electron chi connectivity index (χ4n) is 2.06. The summed E-state index contributed by atoms with van der Waals surface area (Å²) in [6.07, 6.45) is 2.78. The number of hydrazone groups is 1. The van der Waals surface area contributed by atoms with Crippen molar-refractivity contribution in [1.82, 2.24) is 15.4 Å². The van der Waals surface area contributed by atoms with Crippen molar-refractivity contribution in [2.24, 2.45) is 5.10 Å². The number of para-hydroxylation sites is 1. The largest absolute Gasteiger partial charge is 0.345 e. The first-order valence-electron chi connectivity index (χ1n) is 6.65. The van der Waals surface area contributed by atoms with Crippen LogP contribution in [0.5, 0.6) is 0 Å². The SMILES string of the molecule is O=C(N/N=C\c1ccccc1[N+](=O)[O-])c1ccc2nc[nH]c2c1. The van der Waals surface area contributed by atoms with Gasteiger partial charge in [-0.2, -0.15) is 5.10 Å². The lowest BCUT2D eigenvalue weighted by Gasteiger charge is -2.00. The number of benzene rings is 2. The van der Waals surface area contributed by atoms with Gasteiger partial charge in [-0.05, 0) is 24.3 Å². The van der Waals surface area contributed by atoms with Crippen LogP contribution in [-0.2, 0) is 0 Å². The Morgan fingerprint density at radius 3 is 2.96 bits per heavy atom. The minimum atomic E-state index is -0.505. The third-order valence-electron chi connectivity index (χ3n) is 3.19. The molecule has 0 spiro atoms. The third-order valence-corrected chi connectivity index (χ3v) is 3.19. The molecule has 0 bridgehead atoms. The van der Waals surface area contributed by atoms with Gasteiger partial charge in [-0.1, -0.05) is 12.1 Å². The number of nitro groups is 1. The van der Waals surface area contributed by atoms with E-state index in [0.717, 1.165) is 11.0 Å². The Hall–Kier alpha value is -3.55. The summed E-state index contributed by atoms with van der Waals surface area (Å²) in [4.78, 5) is 29.4. The average Bonchev–Trinajstić information content (AvgIpc) is 3.02. The highest BCUT2D eigenvalue weighted by Crippen LogP contribution is 2.15. The zero-order chi connectivity index (χ0) is 16.2. The number of hydrogen-bond acceptors (Lipinski definition) is 5. The molecule has 2 aromatic carbocycles. The van der Waals surface area contributed by atoms with E-state index in [1.54, 1.807) is 42.7 Å². The maximum Gasteiger partial charge on any atom is 0.278 e. The van der Waals surface area contributed by atoms with E-state index in [-0.39, 0.29) is 5.69 Å². The zero-order valence-electron chi connectivity index (χ0n) is 11.8. The molecule has 0 fully saturated rings. The Kier molecular flexibility index (Phi) is 3.79. The molecule has 0 atom stereocenters. The molecule has 8 heteroatoms. The number of aromatic nitrogens is 2. The van der Waals surface area contributed by atoms with Crippen LogP contribution in [0.25, 0.3) is 11.0 Å². The van der Waals surface area contributed by atoms with Crippen LogP contribution < -0.4 is 5.43 Å². The maximum absolute atomic E-state index is 12.0. The molecule has 114 valence electrons. The molecule has 3 rings (SSSR count). The quantitative estimate of drug-likeness (QED) is 0.437. The molecule has 1 aromatic heterocycles. The van der Waals surface area contributed by atoms with Gasteiger partial charge in [0.15, 0.2) is 0 Å². The standard InChI is InChI=1S/C15H11N5O3/c21-15(10-5-6-12-13(7-10)17-9-16-12)19-18-8-11-3-1-2-4-14(11)20(22)23/h1-9H,(H,16,17)(H,19,21)/b18-8-. The molecule has 0 aliphatic rings. The number of imidazole rings is 1. The van der Waals surface area contributed by atoms with Crippen molar-refractivity contribution in [3.05, 3.63) is 70.0 Å². The molecule has 2 N–H and O–H groups in total. The summed E-state index contributed by atoms with van der Waals surface area (Å²) < 4.78 is 0. The Labute approximate surface area is 130 Å². The summed E-state index contributed by atoms with van der Waals surface area (Å²) in [5.74, 6) is -0.420. The number of aromatic amines is 1. The van der Waals surface area contributed by atoms with Crippen LogP contribution in [0.2, 0.25) is 0 Å². The number of nitro benzene ring substituents is 1. The summed E-state index contributed by atoms with van der Waals surface area (Å²) in [6, 6.07) is 11.1. The van der Waals surface area contributed by atoms with Crippen molar-refractivity contribution in [2.75, 3.05) is 0 Å². The van der Waals surface area contributed by atoms with Gasteiger partial charge in [-0.25, -0.2) is 10.4 Å². The fourth-order valence-corrected chi connectivity index (χ4v) is 2.06. The number of carbonyl (C=O) groups excluding carboxylic acids is 1. The molecule has 0 saturated heterocycles. The van der Waals surface area contributed by atoms with Crippen molar-refractivity contribution in [1.29, 1.82) is 0 Å². The molecule has 0 aliphatic carbocycles. The minimum Gasteiger partial charge on any atom is -0.345 e. The topological polar surface area (TPSA) is 113 Å². The molecule has 23 heavy (non-hydrogen) atoms. The van der Waals surface area contributed by atoms with Crippen molar-refractivity contribution in [2.45, 2.75) is 0 Å². The van der Waals surface area contributed by atoms with Crippen LogP contribution in [0.4, 0.5) is 5.69 Å². The molecule has 0 saturated carbocycles. The minimum absolute atomic E-state index is 0.0793.